The Hall–Kier alpha value is -1.73. The van der Waals surface area contributed by atoms with Crippen molar-refractivity contribution in [1.29, 1.82) is 0 Å². The smallest absolute Gasteiger partial charge is 0.416 e. The summed E-state index contributed by atoms with van der Waals surface area (Å²) in [5.41, 5.74) is -0.258. The molecule has 0 saturated carbocycles. The van der Waals surface area contributed by atoms with Gasteiger partial charge in [-0.2, -0.15) is 13.2 Å². The maximum Gasteiger partial charge on any atom is 0.416 e. The molecule has 0 N–H and O–H groups in total. The minimum atomic E-state index is -4.43. The third-order valence-electron chi connectivity index (χ3n) is 2.92. The van der Waals surface area contributed by atoms with Crippen molar-refractivity contribution in [3.05, 3.63) is 52.8 Å². The summed E-state index contributed by atoms with van der Waals surface area (Å²) < 4.78 is 43.7. The number of hydrogen-bond acceptors (Lipinski definition) is 4. The number of benzene rings is 1. The lowest BCUT2D eigenvalue weighted by Gasteiger charge is -2.11. The van der Waals surface area contributed by atoms with Gasteiger partial charge in [0, 0.05) is 4.90 Å². The molecule has 0 aliphatic carbocycles. The number of pyridine rings is 1. The van der Waals surface area contributed by atoms with Crippen molar-refractivity contribution in [3.63, 3.8) is 0 Å². The Kier molecular flexibility index (Phi) is 6.12. The third kappa shape index (κ3) is 4.64. The van der Waals surface area contributed by atoms with Gasteiger partial charge in [0.1, 0.15) is 10.8 Å². The standard InChI is InChI=1S/C16H14ClF3N2OS/c1-3-24-12-7-8-13(17)22-14(12)15(23-2)21-11-6-4-5-10(9-11)16(18,19)20/h4-9H,3H2,1-2H3. The van der Waals surface area contributed by atoms with Gasteiger partial charge in [-0.15, -0.1) is 11.8 Å². The van der Waals surface area contributed by atoms with Crippen LogP contribution in [0.25, 0.3) is 0 Å². The molecular formula is C16H14ClF3N2OS. The van der Waals surface area contributed by atoms with Crippen LogP contribution >= 0.6 is 23.4 Å². The molecule has 0 amide bonds. The van der Waals surface area contributed by atoms with Gasteiger partial charge in [-0.25, -0.2) is 9.98 Å². The van der Waals surface area contributed by atoms with Crippen LogP contribution in [0.1, 0.15) is 18.2 Å². The van der Waals surface area contributed by atoms with Crippen LogP contribution in [0.5, 0.6) is 0 Å². The molecular weight excluding hydrogens is 361 g/mol. The van der Waals surface area contributed by atoms with Crippen molar-refractivity contribution in [2.75, 3.05) is 12.9 Å². The predicted octanol–water partition coefficient (Wildman–Crippen LogP) is 5.59. The van der Waals surface area contributed by atoms with Gasteiger partial charge in [-0.1, -0.05) is 24.6 Å². The van der Waals surface area contributed by atoms with Crippen molar-refractivity contribution in [2.45, 2.75) is 18.0 Å². The maximum absolute atomic E-state index is 12.8. The van der Waals surface area contributed by atoms with Crippen LogP contribution in [-0.2, 0) is 10.9 Å². The van der Waals surface area contributed by atoms with Gasteiger partial charge < -0.3 is 4.74 Å². The monoisotopic (exact) mass is 374 g/mol. The maximum atomic E-state index is 12.8. The van der Waals surface area contributed by atoms with E-state index in [1.165, 1.54) is 31.0 Å². The van der Waals surface area contributed by atoms with Crippen molar-refractivity contribution in [3.8, 4) is 0 Å². The normalized spacial score (nSPS) is 12.3. The highest BCUT2D eigenvalue weighted by atomic mass is 35.5. The summed E-state index contributed by atoms with van der Waals surface area (Å²) in [6.45, 7) is 1.97. The van der Waals surface area contributed by atoms with E-state index in [4.69, 9.17) is 16.3 Å². The number of nitrogens with zero attached hydrogens (tertiary/aromatic N) is 2. The molecule has 0 fully saturated rings. The van der Waals surface area contributed by atoms with Crippen molar-refractivity contribution in [2.24, 2.45) is 4.99 Å². The number of aliphatic imine (C=N–C) groups is 1. The molecule has 3 nitrogen and oxygen atoms in total. The number of methoxy groups -OCH3 is 1. The molecule has 0 bridgehead atoms. The second kappa shape index (κ2) is 7.90. The van der Waals surface area contributed by atoms with Crippen LogP contribution in [0.3, 0.4) is 0 Å². The number of halogens is 4. The molecule has 0 saturated heterocycles. The number of ether oxygens (including phenoxy) is 1. The second-order valence-electron chi connectivity index (χ2n) is 4.58. The highest BCUT2D eigenvalue weighted by Gasteiger charge is 2.30. The average molecular weight is 375 g/mol. The fraction of sp³-hybridized carbons (Fsp3) is 0.250. The summed E-state index contributed by atoms with van der Waals surface area (Å²) in [7, 11) is 1.38. The van der Waals surface area contributed by atoms with Crippen LogP contribution in [0.4, 0.5) is 18.9 Å². The van der Waals surface area contributed by atoms with Gasteiger partial charge >= 0.3 is 6.18 Å². The van der Waals surface area contributed by atoms with Crippen LogP contribution in [0.15, 0.2) is 46.3 Å². The molecule has 0 unspecified atom stereocenters. The van der Waals surface area contributed by atoms with E-state index in [9.17, 15) is 13.2 Å². The highest BCUT2D eigenvalue weighted by Crippen LogP contribution is 2.32. The Labute approximate surface area is 146 Å². The van der Waals surface area contributed by atoms with E-state index in [2.05, 4.69) is 9.98 Å². The highest BCUT2D eigenvalue weighted by molar-refractivity contribution is 7.99. The van der Waals surface area contributed by atoms with E-state index >= 15 is 0 Å². The SMILES string of the molecule is CCSc1ccc(Cl)nc1C(=Nc1cccc(C(F)(F)F)c1)OC. The molecule has 1 heterocycles. The largest absolute Gasteiger partial charge is 0.479 e. The molecule has 0 atom stereocenters. The molecule has 0 aliphatic heterocycles. The summed E-state index contributed by atoms with van der Waals surface area (Å²) in [4.78, 5) is 9.15. The number of alkyl halides is 3. The van der Waals surface area contributed by atoms with E-state index in [-0.39, 0.29) is 16.7 Å². The van der Waals surface area contributed by atoms with Crippen molar-refractivity contribution < 1.29 is 17.9 Å². The quantitative estimate of drug-likeness (QED) is 0.303. The summed E-state index contributed by atoms with van der Waals surface area (Å²) in [6.07, 6.45) is -4.43. The van der Waals surface area contributed by atoms with E-state index < -0.39 is 11.7 Å². The number of aromatic nitrogens is 1. The number of hydrogen-bond donors (Lipinski definition) is 0. The van der Waals surface area contributed by atoms with Crippen molar-refractivity contribution in [1.82, 2.24) is 4.98 Å². The Morgan fingerprint density at radius 1 is 1.29 bits per heavy atom. The third-order valence-corrected chi connectivity index (χ3v) is 4.06. The molecule has 2 aromatic rings. The topological polar surface area (TPSA) is 34.5 Å². The lowest BCUT2D eigenvalue weighted by molar-refractivity contribution is -0.137. The van der Waals surface area contributed by atoms with Gasteiger partial charge in [-0.3, -0.25) is 0 Å². The summed E-state index contributed by atoms with van der Waals surface area (Å²) in [6, 6.07) is 8.12. The minimum absolute atomic E-state index is 0.104. The van der Waals surface area contributed by atoms with Crippen LogP contribution in [-0.4, -0.2) is 23.7 Å². The fourth-order valence-electron chi connectivity index (χ4n) is 1.91. The first kappa shape index (κ1) is 18.6. The first-order chi connectivity index (χ1) is 11.3. The molecule has 2 rings (SSSR count). The lowest BCUT2D eigenvalue weighted by atomic mass is 10.2. The van der Waals surface area contributed by atoms with Crippen LogP contribution < -0.4 is 0 Å². The second-order valence-corrected chi connectivity index (χ2v) is 6.28. The average Bonchev–Trinajstić information content (AvgIpc) is 2.54. The van der Waals surface area contributed by atoms with E-state index in [1.807, 2.05) is 6.92 Å². The Balaban J connectivity index is 2.49. The van der Waals surface area contributed by atoms with Gasteiger partial charge in [0.05, 0.1) is 18.4 Å². The van der Waals surface area contributed by atoms with E-state index in [0.29, 0.717) is 5.69 Å². The molecule has 128 valence electrons. The summed E-state index contributed by atoms with van der Waals surface area (Å²) in [5.74, 6) is 0.893. The first-order valence-corrected chi connectivity index (χ1v) is 8.31. The Morgan fingerprint density at radius 2 is 2.04 bits per heavy atom. The number of thioether (sulfide) groups is 1. The Morgan fingerprint density at radius 3 is 2.67 bits per heavy atom. The minimum Gasteiger partial charge on any atom is -0.479 e. The zero-order valence-corrected chi connectivity index (χ0v) is 14.5. The van der Waals surface area contributed by atoms with Crippen LogP contribution in [0.2, 0.25) is 5.15 Å². The van der Waals surface area contributed by atoms with Crippen LogP contribution in [0, 0.1) is 0 Å². The van der Waals surface area contributed by atoms with Gasteiger partial charge in [0.25, 0.3) is 0 Å². The first-order valence-electron chi connectivity index (χ1n) is 6.94. The zero-order valence-electron chi connectivity index (χ0n) is 12.9. The predicted molar refractivity (Wildman–Crippen MR) is 90.3 cm³/mol. The fourth-order valence-corrected chi connectivity index (χ4v) is 2.80. The number of rotatable bonds is 4. The van der Waals surface area contributed by atoms with Gasteiger partial charge in [0.15, 0.2) is 0 Å². The van der Waals surface area contributed by atoms with E-state index in [1.54, 1.807) is 12.1 Å². The van der Waals surface area contributed by atoms with Gasteiger partial charge in [0.2, 0.25) is 5.90 Å². The molecule has 0 spiro atoms. The summed E-state index contributed by atoms with van der Waals surface area (Å²) in [5, 5.41) is 0.249. The summed E-state index contributed by atoms with van der Waals surface area (Å²) >= 11 is 7.44. The Bertz CT molecular complexity index is 750. The molecule has 8 heteroatoms. The van der Waals surface area contributed by atoms with Crippen molar-refractivity contribution >= 4 is 34.9 Å². The molecule has 1 aromatic heterocycles. The zero-order chi connectivity index (χ0) is 17.7. The lowest BCUT2D eigenvalue weighted by Crippen LogP contribution is -2.08. The molecule has 1 aromatic carbocycles. The molecule has 0 radical (unpaired) electrons. The molecule has 0 aliphatic rings. The molecule has 24 heavy (non-hydrogen) atoms. The van der Waals surface area contributed by atoms with Gasteiger partial charge in [-0.05, 0) is 36.1 Å². The van der Waals surface area contributed by atoms with E-state index in [0.717, 1.165) is 22.8 Å².